The van der Waals surface area contributed by atoms with E-state index in [9.17, 15) is 4.79 Å². The summed E-state index contributed by atoms with van der Waals surface area (Å²) in [7, 11) is 0. The Hall–Kier alpha value is -0.400. The quantitative estimate of drug-likeness (QED) is 0.858. The zero-order valence-corrected chi connectivity index (χ0v) is 11.5. The summed E-state index contributed by atoms with van der Waals surface area (Å²) in [5.41, 5.74) is 0. The van der Waals surface area contributed by atoms with Gasteiger partial charge in [-0.05, 0) is 0 Å². The smallest absolute Gasteiger partial charge is 0.250 e. The van der Waals surface area contributed by atoms with Crippen molar-refractivity contribution in [1.82, 2.24) is 15.6 Å². The second-order valence-corrected chi connectivity index (χ2v) is 4.19. The lowest BCUT2D eigenvalue weighted by molar-refractivity contribution is -0.134. The van der Waals surface area contributed by atoms with Crippen molar-refractivity contribution in [3.63, 3.8) is 0 Å². The molecule has 0 aromatic carbocycles. The van der Waals surface area contributed by atoms with E-state index in [4.69, 9.17) is 4.74 Å². The number of nitrogens with one attached hydrogen (secondary N) is 2. The van der Waals surface area contributed by atoms with Gasteiger partial charge in [-0.1, -0.05) is 0 Å². The lowest BCUT2D eigenvalue weighted by Gasteiger charge is -2.22. The highest BCUT2D eigenvalue weighted by Crippen LogP contribution is 2.03. The van der Waals surface area contributed by atoms with Crippen LogP contribution in [0, 0.1) is 0 Å². The van der Waals surface area contributed by atoms with Gasteiger partial charge >= 0.3 is 0 Å². The van der Waals surface area contributed by atoms with Crippen molar-refractivity contribution in [3.8, 4) is 0 Å². The summed E-state index contributed by atoms with van der Waals surface area (Å²) in [6.45, 7) is 2.48. The van der Waals surface area contributed by atoms with Gasteiger partial charge in [0.25, 0.3) is 5.91 Å². The maximum Gasteiger partial charge on any atom is 0.250 e. The Balaban J connectivity index is 0.00000128. The number of thiazole rings is 1. The molecule has 98 valence electrons. The second-order valence-electron chi connectivity index (χ2n) is 3.21. The third kappa shape index (κ3) is 5.18. The molecule has 5 nitrogen and oxygen atoms in total. The van der Waals surface area contributed by atoms with Gasteiger partial charge < -0.3 is 15.4 Å². The zero-order chi connectivity index (χ0) is 10.5. The highest BCUT2D eigenvalue weighted by Gasteiger charge is 2.21. The average molecular weight is 300 g/mol. The molecule has 1 saturated heterocycles. The van der Waals surface area contributed by atoms with Crippen molar-refractivity contribution in [2.24, 2.45) is 0 Å². The van der Waals surface area contributed by atoms with Crippen molar-refractivity contribution >= 4 is 42.1 Å². The summed E-state index contributed by atoms with van der Waals surface area (Å²) in [6.07, 6.45) is 1.36. The first kappa shape index (κ1) is 16.6. The minimum atomic E-state index is -0.362. The molecule has 2 heterocycles. The van der Waals surface area contributed by atoms with Gasteiger partial charge in [-0.15, -0.1) is 36.2 Å². The fourth-order valence-electron chi connectivity index (χ4n) is 1.35. The number of aromatic nitrogens is 1. The van der Waals surface area contributed by atoms with Gasteiger partial charge in [-0.2, -0.15) is 0 Å². The van der Waals surface area contributed by atoms with Gasteiger partial charge in [-0.3, -0.25) is 4.79 Å². The lowest BCUT2D eigenvalue weighted by Crippen LogP contribution is -2.47. The van der Waals surface area contributed by atoms with Crippen LogP contribution in [0.1, 0.15) is 5.01 Å². The summed E-state index contributed by atoms with van der Waals surface area (Å²) in [4.78, 5) is 15.7. The average Bonchev–Trinajstić information content (AvgIpc) is 2.80. The van der Waals surface area contributed by atoms with Crippen molar-refractivity contribution in [2.75, 3.05) is 19.7 Å². The third-order valence-electron chi connectivity index (χ3n) is 2.12. The van der Waals surface area contributed by atoms with Crippen LogP contribution in [0.5, 0.6) is 0 Å². The molecular formula is C9H15Cl2N3O2S. The molecule has 17 heavy (non-hydrogen) atoms. The van der Waals surface area contributed by atoms with Crippen LogP contribution < -0.4 is 10.6 Å². The highest BCUT2D eigenvalue weighted by molar-refractivity contribution is 7.09. The molecule has 1 aliphatic heterocycles. The minimum Gasteiger partial charge on any atom is -0.366 e. The molecule has 0 spiro atoms. The number of hydrogen-bond donors (Lipinski definition) is 2. The van der Waals surface area contributed by atoms with Gasteiger partial charge in [0.05, 0.1) is 13.2 Å². The number of rotatable bonds is 3. The first-order valence-corrected chi connectivity index (χ1v) is 5.72. The second kappa shape index (κ2) is 8.66. The molecule has 1 amide bonds. The molecule has 2 N–H and O–H groups in total. The minimum absolute atomic E-state index is 0. The van der Waals surface area contributed by atoms with Crippen LogP contribution in [0.4, 0.5) is 0 Å². The molecule has 1 aromatic heterocycles. The van der Waals surface area contributed by atoms with E-state index in [2.05, 4.69) is 15.6 Å². The number of carbonyl (C=O) groups excluding carboxylic acids is 1. The third-order valence-corrected chi connectivity index (χ3v) is 2.90. The number of halogens is 2. The fraction of sp³-hybridized carbons (Fsp3) is 0.556. The van der Waals surface area contributed by atoms with Crippen LogP contribution in [-0.2, 0) is 16.1 Å². The number of morpholine rings is 1. The molecule has 1 unspecified atom stereocenters. The predicted molar refractivity (Wildman–Crippen MR) is 71.1 cm³/mol. The largest absolute Gasteiger partial charge is 0.366 e. The van der Waals surface area contributed by atoms with Gasteiger partial charge in [0, 0.05) is 24.7 Å². The normalized spacial score (nSPS) is 18.7. The van der Waals surface area contributed by atoms with Gasteiger partial charge in [0.2, 0.25) is 0 Å². The molecular weight excluding hydrogens is 285 g/mol. The number of amides is 1. The summed E-state index contributed by atoms with van der Waals surface area (Å²) < 4.78 is 5.32. The van der Waals surface area contributed by atoms with Crippen LogP contribution in [0.25, 0.3) is 0 Å². The Morgan fingerprint density at radius 1 is 1.65 bits per heavy atom. The first-order chi connectivity index (χ1) is 7.36. The highest BCUT2D eigenvalue weighted by atomic mass is 35.5. The SMILES string of the molecule is Cl.Cl.O=C(NCc1nccs1)C1CNCCO1. The maximum atomic E-state index is 11.6. The van der Waals surface area contributed by atoms with Crippen LogP contribution in [0.15, 0.2) is 11.6 Å². The maximum absolute atomic E-state index is 11.6. The lowest BCUT2D eigenvalue weighted by atomic mass is 10.3. The molecule has 1 fully saturated rings. The van der Waals surface area contributed by atoms with Crippen LogP contribution in [-0.4, -0.2) is 36.7 Å². The molecule has 2 rings (SSSR count). The summed E-state index contributed by atoms with van der Waals surface area (Å²) in [5.74, 6) is -0.0719. The molecule has 8 heteroatoms. The Bertz CT molecular complexity index is 318. The van der Waals surface area contributed by atoms with Crippen LogP contribution >= 0.6 is 36.2 Å². The molecule has 0 radical (unpaired) electrons. The van der Waals surface area contributed by atoms with E-state index in [1.54, 1.807) is 6.20 Å². The number of nitrogens with zero attached hydrogens (tertiary/aromatic N) is 1. The van der Waals surface area contributed by atoms with Crippen molar-refractivity contribution < 1.29 is 9.53 Å². The monoisotopic (exact) mass is 299 g/mol. The summed E-state index contributed by atoms with van der Waals surface area (Å²) >= 11 is 1.53. The first-order valence-electron chi connectivity index (χ1n) is 4.84. The zero-order valence-electron chi connectivity index (χ0n) is 9.05. The van der Waals surface area contributed by atoms with Crippen LogP contribution in [0.2, 0.25) is 0 Å². The Labute approximate surface area is 116 Å². The predicted octanol–water partition coefficient (Wildman–Crippen LogP) is 0.591. The Morgan fingerprint density at radius 3 is 3.06 bits per heavy atom. The fourth-order valence-corrected chi connectivity index (χ4v) is 1.91. The number of ether oxygens (including phenoxy) is 1. The Kier molecular flexibility index (Phi) is 8.45. The van der Waals surface area contributed by atoms with Crippen molar-refractivity contribution in [1.29, 1.82) is 0 Å². The van der Waals surface area contributed by atoms with E-state index in [1.807, 2.05) is 5.38 Å². The van der Waals surface area contributed by atoms with Crippen molar-refractivity contribution in [3.05, 3.63) is 16.6 Å². The van der Waals surface area contributed by atoms with E-state index in [1.165, 1.54) is 11.3 Å². The molecule has 1 aliphatic rings. The standard InChI is InChI=1S/C9H13N3O2S.2ClH/c13-9(7-5-10-1-3-14-7)12-6-8-11-2-4-15-8;;/h2,4,7,10H,1,3,5-6H2,(H,12,13);2*1H. The molecule has 0 saturated carbocycles. The molecule has 1 aromatic rings. The van der Waals surface area contributed by atoms with Gasteiger partial charge in [-0.25, -0.2) is 4.98 Å². The van der Waals surface area contributed by atoms with E-state index in [-0.39, 0.29) is 36.8 Å². The molecule has 1 atom stereocenters. The summed E-state index contributed by atoms with van der Waals surface area (Å²) in [6, 6.07) is 0. The number of carbonyl (C=O) groups is 1. The van der Waals surface area contributed by atoms with E-state index < -0.39 is 0 Å². The van der Waals surface area contributed by atoms with E-state index >= 15 is 0 Å². The van der Waals surface area contributed by atoms with Gasteiger partial charge in [0.1, 0.15) is 11.1 Å². The van der Waals surface area contributed by atoms with Crippen LogP contribution in [0.3, 0.4) is 0 Å². The summed E-state index contributed by atoms with van der Waals surface area (Å²) in [5, 5.41) is 8.71. The molecule has 0 bridgehead atoms. The number of hydrogen-bond acceptors (Lipinski definition) is 5. The van der Waals surface area contributed by atoms with E-state index in [0.29, 0.717) is 19.7 Å². The van der Waals surface area contributed by atoms with Gasteiger partial charge in [0.15, 0.2) is 0 Å². The molecule has 0 aliphatic carbocycles. The van der Waals surface area contributed by atoms with E-state index in [0.717, 1.165) is 11.6 Å². The topological polar surface area (TPSA) is 63.2 Å². The van der Waals surface area contributed by atoms with Crippen molar-refractivity contribution in [2.45, 2.75) is 12.6 Å². The Morgan fingerprint density at radius 2 is 2.47 bits per heavy atom.